The van der Waals surface area contributed by atoms with E-state index in [0.29, 0.717) is 0 Å². The van der Waals surface area contributed by atoms with Crippen LogP contribution in [0, 0.1) is 0 Å². The fourth-order valence-corrected chi connectivity index (χ4v) is 20.4. The fraction of sp³-hybridized carbons (Fsp3) is 0.366. The molecule has 16 aromatic carbocycles. The standard InChI is InChI=1S/C27H32.C26H30.C26H28.C25H26O.C25H28.2CH4/c1-25(2,3)18-10-13-20-17(15-18)9-12-22-21-14-11-19(26(4,5)6)16-23(21)27(7,8)24(20)22;2*1-25(2,3)19-9-13-21-17(15-19)7-11-24-22-14-10-20(26(4,5)6)16-18(22)8-12-23(21)24;1-24(2,3)16-8-11-18-15(13-16)7-10-20-19-12-9-17(25(4,5)6)14-21(19)23(26)22(18)20;1-24(2,3)18-8-11-20-16(13-18)7-10-22-21-12-9-19(25(4,5)6)14-17(21)15-23(20)22;;/h9-16H,1-8H3;7,9-11,13-16H,8,12H2,1-6H3;7-16H,1-6H3;7-14H,1-6H3;7-14H,15H2,1-6H3;2*1H4. The number of benzene rings is 16. The highest BCUT2D eigenvalue weighted by Gasteiger charge is 2.39. The molecule has 682 valence electrons. The molecule has 0 radical (unpaired) electrons. The minimum Gasteiger partial charge on any atom is -0.289 e. The number of hydrogen-bond acceptors (Lipinski definition) is 1. The van der Waals surface area contributed by atoms with E-state index in [1.807, 2.05) is 0 Å². The van der Waals surface area contributed by atoms with Crippen molar-refractivity contribution in [2.75, 3.05) is 0 Å². The van der Waals surface area contributed by atoms with E-state index in [1.54, 1.807) is 0 Å². The van der Waals surface area contributed by atoms with E-state index >= 15 is 0 Å². The third kappa shape index (κ3) is 18.7. The van der Waals surface area contributed by atoms with Gasteiger partial charge in [-0.1, -0.05) is 485 Å². The monoisotopic (exact) mass is 1740 g/mol. The third-order valence-electron chi connectivity index (χ3n) is 29.0. The van der Waals surface area contributed by atoms with Crippen molar-refractivity contribution in [3.05, 3.63) is 355 Å². The molecule has 0 saturated heterocycles. The molecule has 0 bridgehead atoms. The second-order valence-electron chi connectivity index (χ2n) is 49.4. The van der Waals surface area contributed by atoms with Crippen molar-refractivity contribution in [1.29, 1.82) is 0 Å². The van der Waals surface area contributed by atoms with E-state index in [-0.39, 0.29) is 80.2 Å². The number of carbonyl (C=O) groups excluding carboxylic acids is 1. The molecule has 0 aliphatic heterocycles. The van der Waals surface area contributed by atoms with Gasteiger partial charge >= 0.3 is 0 Å². The van der Waals surface area contributed by atoms with Crippen LogP contribution in [0.25, 0.3) is 120 Å². The summed E-state index contributed by atoms with van der Waals surface area (Å²) >= 11 is 0. The minimum absolute atomic E-state index is 0. The Kier molecular flexibility index (Phi) is 25.1. The summed E-state index contributed by atoms with van der Waals surface area (Å²) in [5.41, 5.74) is 36.8. The Morgan fingerprint density at radius 1 is 0.205 bits per heavy atom. The van der Waals surface area contributed by atoms with Gasteiger partial charge < -0.3 is 0 Å². The lowest BCUT2D eigenvalue weighted by atomic mass is 9.77. The van der Waals surface area contributed by atoms with Crippen molar-refractivity contribution in [1.82, 2.24) is 0 Å². The van der Waals surface area contributed by atoms with E-state index in [4.69, 9.17) is 0 Å². The first-order chi connectivity index (χ1) is 60.4. The molecule has 0 atom stereocenters. The van der Waals surface area contributed by atoms with Gasteiger partial charge in [-0.2, -0.15) is 0 Å². The summed E-state index contributed by atoms with van der Waals surface area (Å²) in [5.74, 6) is 0.162. The largest absolute Gasteiger partial charge is 0.289 e. The van der Waals surface area contributed by atoms with E-state index in [2.05, 4.69) is 476 Å². The number of ketones is 1. The Labute approximate surface area is 795 Å². The molecule has 1 nitrogen and oxygen atoms in total. The number of fused-ring (bicyclic) bond motifs is 25. The van der Waals surface area contributed by atoms with Crippen LogP contribution < -0.4 is 0 Å². The quantitative estimate of drug-likeness (QED) is 0.138. The number of hydrogen-bond donors (Lipinski definition) is 0. The maximum absolute atomic E-state index is 13.3. The molecule has 4 aliphatic carbocycles. The van der Waals surface area contributed by atoms with Crippen LogP contribution in [-0.4, -0.2) is 5.78 Å². The molecule has 0 spiro atoms. The Balaban J connectivity index is 0.000000132. The number of carbonyl (C=O) groups is 1. The highest BCUT2D eigenvalue weighted by molar-refractivity contribution is 6.27. The van der Waals surface area contributed by atoms with Crippen molar-refractivity contribution >= 4 is 81.2 Å². The lowest BCUT2D eigenvalue weighted by Crippen LogP contribution is -2.18. The molecule has 0 amide bonds. The molecular weight excluding hydrogens is 1590 g/mol. The maximum atomic E-state index is 13.3. The second-order valence-corrected chi connectivity index (χ2v) is 49.4. The molecule has 132 heavy (non-hydrogen) atoms. The zero-order valence-electron chi connectivity index (χ0n) is 84.8. The zero-order chi connectivity index (χ0) is 94.0. The third-order valence-corrected chi connectivity index (χ3v) is 29.0. The van der Waals surface area contributed by atoms with E-state index in [9.17, 15) is 4.79 Å². The Bertz CT molecular complexity index is 7130. The predicted octanol–water partition coefficient (Wildman–Crippen LogP) is 37.6. The SMILES string of the molecule is C.C.CC(C)(C)c1ccc2c(c1)C(=O)c1c-2ccc2cc(C(C)(C)C)ccc12.CC(C)(C)c1ccc2c(c1)C(C)(C)c1c-2ccc2cc(C(C)(C)C)ccc12.CC(C)(C)c1ccc2c(c1)CCc1c-2ccc2cc(C(C)(C)C)ccc12.CC(C)(C)c1ccc2c(c1)Cc1c-2ccc2cc(C(C)(C)C)ccc12.CC(C)(C)c1ccc2c(ccc3c4ccc(C(C)(C)C)cc4ccc23)c1. The van der Waals surface area contributed by atoms with Gasteiger partial charge in [0.25, 0.3) is 0 Å². The predicted molar refractivity (Wildman–Crippen MR) is 583 cm³/mol. The normalized spacial score (nSPS) is 13.9. The summed E-state index contributed by atoms with van der Waals surface area (Å²) in [6, 6.07) is 96.5. The average molecular weight is 1740 g/mol. The Morgan fingerprint density at radius 2 is 0.470 bits per heavy atom. The summed E-state index contributed by atoms with van der Waals surface area (Å²) < 4.78 is 0. The zero-order valence-corrected chi connectivity index (χ0v) is 84.8. The molecule has 0 N–H and O–H groups in total. The van der Waals surface area contributed by atoms with Gasteiger partial charge in [0.1, 0.15) is 0 Å². The molecule has 4 aliphatic rings. The molecule has 0 aromatic heterocycles. The molecule has 0 heterocycles. The van der Waals surface area contributed by atoms with Crippen molar-refractivity contribution in [2.45, 2.75) is 315 Å². The summed E-state index contributed by atoms with van der Waals surface area (Å²) in [6.45, 7) is 72.9. The Hall–Kier alpha value is -11.0. The fourth-order valence-electron chi connectivity index (χ4n) is 20.4. The number of rotatable bonds is 0. The van der Waals surface area contributed by atoms with Crippen molar-refractivity contribution in [3.8, 4) is 44.5 Å². The van der Waals surface area contributed by atoms with Gasteiger partial charge in [0, 0.05) is 16.5 Å². The van der Waals surface area contributed by atoms with Gasteiger partial charge in [-0.15, -0.1) is 0 Å². The summed E-state index contributed by atoms with van der Waals surface area (Å²) in [6.07, 6.45) is 3.34. The first-order valence-corrected chi connectivity index (χ1v) is 48.2. The van der Waals surface area contributed by atoms with Crippen LogP contribution in [0.15, 0.2) is 255 Å². The molecule has 20 rings (SSSR count). The first-order valence-electron chi connectivity index (χ1n) is 48.2. The summed E-state index contributed by atoms with van der Waals surface area (Å²) in [4.78, 5) is 13.3. The topological polar surface area (TPSA) is 17.1 Å². The van der Waals surface area contributed by atoms with Crippen molar-refractivity contribution in [3.63, 3.8) is 0 Å². The number of aryl methyl sites for hydroxylation is 2. The summed E-state index contributed by atoms with van der Waals surface area (Å²) in [7, 11) is 0. The smallest absolute Gasteiger partial charge is 0.194 e. The van der Waals surface area contributed by atoms with Crippen LogP contribution in [-0.2, 0) is 78.8 Å². The Morgan fingerprint density at radius 3 is 0.886 bits per heavy atom. The lowest BCUT2D eigenvalue weighted by Gasteiger charge is -2.26. The van der Waals surface area contributed by atoms with Gasteiger partial charge in [-0.25, -0.2) is 0 Å². The minimum atomic E-state index is 0. The van der Waals surface area contributed by atoms with Crippen LogP contribution in [0.2, 0.25) is 0 Å². The molecule has 0 unspecified atom stereocenters. The molecular formula is C131H152O. The van der Waals surface area contributed by atoms with Crippen LogP contribution in [0.4, 0.5) is 0 Å². The van der Waals surface area contributed by atoms with Crippen LogP contribution in [0.5, 0.6) is 0 Å². The van der Waals surface area contributed by atoms with Gasteiger partial charge in [0.2, 0.25) is 0 Å². The van der Waals surface area contributed by atoms with Crippen molar-refractivity contribution < 1.29 is 4.79 Å². The summed E-state index contributed by atoms with van der Waals surface area (Å²) in [5, 5.41) is 18.6. The van der Waals surface area contributed by atoms with Crippen LogP contribution >= 0.6 is 0 Å². The van der Waals surface area contributed by atoms with Gasteiger partial charge in [0.15, 0.2) is 5.78 Å². The highest BCUT2D eigenvalue weighted by atomic mass is 16.1. The molecule has 1 heteroatoms. The molecule has 0 fully saturated rings. The van der Waals surface area contributed by atoms with Gasteiger partial charge in [0.05, 0.1) is 0 Å². The molecule has 0 saturated carbocycles. The van der Waals surface area contributed by atoms with Gasteiger partial charge in [-0.3, -0.25) is 4.79 Å². The maximum Gasteiger partial charge on any atom is 0.194 e. The van der Waals surface area contributed by atoms with Crippen molar-refractivity contribution in [2.24, 2.45) is 0 Å². The first kappa shape index (κ1) is 97.0. The average Bonchev–Trinajstić information content (AvgIpc) is 1.55. The van der Waals surface area contributed by atoms with E-state index in [1.165, 1.54) is 187 Å². The lowest BCUT2D eigenvalue weighted by molar-refractivity contribution is 0.104. The van der Waals surface area contributed by atoms with Crippen LogP contribution in [0.3, 0.4) is 0 Å². The van der Waals surface area contributed by atoms with Crippen LogP contribution in [0.1, 0.15) is 341 Å². The van der Waals surface area contributed by atoms with Gasteiger partial charge in [-0.05, 0) is 288 Å². The highest BCUT2D eigenvalue weighted by Crippen LogP contribution is 2.54. The molecule has 16 aromatic rings. The van der Waals surface area contributed by atoms with E-state index in [0.717, 1.165) is 52.3 Å². The second kappa shape index (κ2) is 34.2. The van der Waals surface area contributed by atoms with E-state index < -0.39 is 0 Å².